The van der Waals surface area contributed by atoms with Crippen LogP contribution in [0.2, 0.25) is 0 Å². The van der Waals surface area contributed by atoms with Crippen molar-refractivity contribution in [3.8, 4) is 0 Å². The summed E-state index contributed by atoms with van der Waals surface area (Å²) < 4.78 is 5.35. The van der Waals surface area contributed by atoms with Gasteiger partial charge >= 0.3 is 5.97 Å². The van der Waals surface area contributed by atoms with Crippen LogP contribution in [0.4, 0.5) is 0 Å². The molecule has 0 fully saturated rings. The number of nitrogens with zero attached hydrogens (tertiary/aromatic N) is 1. The Morgan fingerprint density at radius 1 is 1.71 bits per heavy atom. The zero-order chi connectivity index (χ0) is 10.6. The van der Waals surface area contributed by atoms with Crippen LogP contribution in [0.5, 0.6) is 0 Å². The van der Waals surface area contributed by atoms with Crippen molar-refractivity contribution < 1.29 is 9.53 Å². The summed E-state index contributed by atoms with van der Waals surface area (Å²) in [5.74, 6) is -0.766. The van der Waals surface area contributed by atoms with Crippen LogP contribution in [0.1, 0.15) is 11.5 Å². The number of aromatic nitrogens is 1. The maximum absolute atomic E-state index is 11.3. The molecule has 1 unspecified atom stereocenters. The fourth-order valence-electron chi connectivity index (χ4n) is 1.10. The maximum Gasteiger partial charge on any atom is 0.314 e. The molecule has 0 aliphatic carbocycles. The summed E-state index contributed by atoms with van der Waals surface area (Å²) >= 11 is 3.21. The Morgan fingerprint density at radius 3 is 2.86 bits per heavy atom. The summed E-state index contributed by atoms with van der Waals surface area (Å²) in [5, 5.41) is 0. The third-order valence-corrected chi connectivity index (χ3v) is 2.34. The van der Waals surface area contributed by atoms with Crippen LogP contribution in [-0.2, 0) is 9.53 Å². The summed E-state index contributed by atoms with van der Waals surface area (Å²) in [6, 6.07) is 3.56. The van der Waals surface area contributed by atoms with E-state index in [0.717, 1.165) is 10.2 Å². The lowest BCUT2D eigenvalue weighted by molar-refractivity contribution is -0.142. The predicted octanol–water partition coefficient (Wildman–Crippen LogP) is 1.06. The van der Waals surface area contributed by atoms with Crippen LogP contribution in [0, 0.1) is 0 Å². The van der Waals surface area contributed by atoms with Crippen LogP contribution in [0.3, 0.4) is 0 Å². The lowest BCUT2D eigenvalue weighted by Crippen LogP contribution is -2.22. The Hall–Kier alpha value is -0.940. The molecule has 5 heteroatoms. The van der Waals surface area contributed by atoms with Crippen molar-refractivity contribution in [2.45, 2.75) is 5.92 Å². The Morgan fingerprint density at radius 2 is 2.43 bits per heavy atom. The highest BCUT2D eigenvalue weighted by molar-refractivity contribution is 9.10. The zero-order valence-electron chi connectivity index (χ0n) is 7.74. The van der Waals surface area contributed by atoms with Crippen molar-refractivity contribution in [1.82, 2.24) is 4.98 Å². The Bertz CT molecular complexity index is 313. The third kappa shape index (κ3) is 2.52. The van der Waals surface area contributed by atoms with Crippen molar-refractivity contribution in [2.75, 3.05) is 13.7 Å². The smallest absolute Gasteiger partial charge is 0.314 e. The lowest BCUT2D eigenvalue weighted by atomic mass is 10.0. The first kappa shape index (κ1) is 11.1. The van der Waals surface area contributed by atoms with Gasteiger partial charge in [0.15, 0.2) is 0 Å². The summed E-state index contributed by atoms with van der Waals surface area (Å²) in [7, 11) is 1.34. The highest BCUT2D eigenvalue weighted by Crippen LogP contribution is 2.16. The molecule has 1 heterocycles. The normalized spacial score (nSPS) is 12.2. The van der Waals surface area contributed by atoms with Crippen molar-refractivity contribution in [1.29, 1.82) is 0 Å². The van der Waals surface area contributed by atoms with Gasteiger partial charge in [-0.05, 0) is 27.6 Å². The van der Waals surface area contributed by atoms with E-state index >= 15 is 0 Å². The Labute approximate surface area is 90.6 Å². The van der Waals surface area contributed by atoms with Crippen LogP contribution >= 0.6 is 15.9 Å². The maximum atomic E-state index is 11.3. The fourth-order valence-corrected chi connectivity index (χ4v) is 1.34. The van der Waals surface area contributed by atoms with E-state index < -0.39 is 5.92 Å². The van der Waals surface area contributed by atoms with Gasteiger partial charge in [0.2, 0.25) is 0 Å². The zero-order valence-corrected chi connectivity index (χ0v) is 9.32. The van der Waals surface area contributed by atoms with Gasteiger partial charge in [0.05, 0.1) is 13.0 Å². The first-order valence-electron chi connectivity index (χ1n) is 4.08. The third-order valence-electron chi connectivity index (χ3n) is 1.87. The Balaban J connectivity index is 2.89. The van der Waals surface area contributed by atoms with Crippen molar-refractivity contribution in [3.63, 3.8) is 0 Å². The van der Waals surface area contributed by atoms with Crippen LogP contribution in [0.25, 0.3) is 0 Å². The molecule has 1 atom stereocenters. The number of esters is 1. The molecule has 0 aromatic carbocycles. The number of nitrogens with two attached hydrogens (primary N) is 1. The molecule has 1 aromatic heterocycles. The minimum absolute atomic E-state index is 0.218. The quantitative estimate of drug-likeness (QED) is 0.651. The summed E-state index contributed by atoms with van der Waals surface area (Å²) in [6.45, 7) is 0.218. The van der Waals surface area contributed by atoms with Gasteiger partial charge in [-0.25, -0.2) is 4.98 Å². The highest BCUT2D eigenvalue weighted by Gasteiger charge is 2.19. The molecule has 0 bridgehead atoms. The largest absolute Gasteiger partial charge is 0.469 e. The van der Waals surface area contributed by atoms with Gasteiger partial charge < -0.3 is 10.5 Å². The average molecular weight is 259 g/mol. The first-order valence-corrected chi connectivity index (χ1v) is 4.87. The number of carbonyl (C=O) groups excluding carboxylic acids is 1. The molecule has 0 saturated heterocycles. The van der Waals surface area contributed by atoms with E-state index in [1.807, 2.05) is 0 Å². The molecule has 0 spiro atoms. The number of rotatable bonds is 3. The predicted molar refractivity (Wildman–Crippen MR) is 55.7 cm³/mol. The second-order valence-electron chi connectivity index (χ2n) is 2.73. The molecular formula is C9H11BrN2O2. The second-order valence-corrected chi connectivity index (χ2v) is 3.54. The molecule has 0 aliphatic heterocycles. The molecule has 2 N–H and O–H groups in total. The number of halogens is 1. The van der Waals surface area contributed by atoms with Gasteiger partial charge in [-0.1, -0.05) is 6.07 Å². The molecule has 76 valence electrons. The SMILES string of the molecule is COC(=O)C(CN)c1ccc(Br)nc1. The molecule has 4 nitrogen and oxygen atoms in total. The minimum atomic E-state index is -0.430. The molecular weight excluding hydrogens is 248 g/mol. The topological polar surface area (TPSA) is 65.2 Å². The van der Waals surface area contributed by atoms with Gasteiger partial charge in [-0.3, -0.25) is 4.79 Å². The van der Waals surface area contributed by atoms with Gasteiger partial charge in [-0.2, -0.15) is 0 Å². The monoisotopic (exact) mass is 258 g/mol. The van der Waals surface area contributed by atoms with E-state index in [-0.39, 0.29) is 12.5 Å². The lowest BCUT2D eigenvalue weighted by Gasteiger charge is -2.11. The van der Waals surface area contributed by atoms with E-state index in [4.69, 9.17) is 5.73 Å². The second kappa shape index (κ2) is 5.07. The first-order chi connectivity index (χ1) is 6.69. The van der Waals surface area contributed by atoms with E-state index in [9.17, 15) is 4.79 Å². The Kier molecular flexibility index (Phi) is 4.03. The van der Waals surface area contributed by atoms with Gasteiger partial charge in [0, 0.05) is 12.7 Å². The molecule has 0 aliphatic rings. The van der Waals surface area contributed by atoms with Crippen LogP contribution < -0.4 is 5.73 Å². The number of hydrogen-bond acceptors (Lipinski definition) is 4. The summed E-state index contributed by atoms with van der Waals surface area (Å²) in [5.41, 5.74) is 6.25. The number of ether oxygens (including phenoxy) is 1. The van der Waals surface area contributed by atoms with Crippen molar-refractivity contribution in [3.05, 3.63) is 28.5 Å². The van der Waals surface area contributed by atoms with E-state index in [0.29, 0.717) is 0 Å². The number of methoxy groups -OCH3 is 1. The summed E-state index contributed by atoms with van der Waals surface area (Å²) in [4.78, 5) is 15.3. The van der Waals surface area contributed by atoms with E-state index in [2.05, 4.69) is 25.7 Å². The molecule has 14 heavy (non-hydrogen) atoms. The van der Waals surface area contributed by atoms with E-state index in [1.54, 1.807) is 18.3 Å². The van der Waals surface area contributed by atoms with Gasteiger partial charge in [0.25, 0.3) is 0 Å². The van der Waals surface area contributed by atoms with Crippen molar-refractivity contribution >= 4 is 21.9 Å². The molecule has 1 aromatic rings. The molecule has 0 saturated carbocycles. The highest BCUT2D eigenvalue weighted by atomic mass is 79.9. The van der Waals surface area contributed by atoms with Crippen molar-refractivity contribution in [2.24, 2.45) is 5.73 Å². The summed E-state index contributed by atoms with van der Waals surface area (Å²) in [6.07, 6.45) is 1.61. The number of hydrogen-bond donors (Lipinski definition) is 1. The number of carbonyl (C=O) groups is 1. The molecule has 0 amide bonds. The molecule has 1 rings (SSSR count). The van der Waals surface area contributed by atoms with Gasteiger partial charge in [-0.15, -0.1) is 0 Å². The minimum Gasteiger partial charge on any atom is -0.469 e. The van der Waals surface area contributed by atoms with Gasteiger partial charge in [0.1, 0.15) is 4.60 Å². The standard InChI is InChI=1S/C9H11BrN2O2/c1-14-9(13)7(4-11)6-2-3-8(10)12-5-6/h2-3,5,7H,4,11H2,1H3. The van der Waals surface area contributed by atoms with Crippen LogP contribution in [-0.4, -0.2) is 24.6 Å². The molecule has 0 radical (unpaired) electrons. The number of pyridine rings is 1. The average Bonchev–Trinajstić information content (AvgIpc) is 2.21. The van der Waals surface area contributed by atoms with Crippen LogP contribution in [0.15, 0.2) is 22.9 Å². The van der Waals surface area contributed by atoms with E-state index in [1.165, 1.54) is 7.11 Å². The fraction of sp³-hybridized carbons (Fsp3) is 0.333.